The Morgan fingerprint density at radius 2 is 2.23 bits per heavy atom. The molecule has 4 atom stereocenters. The fourth-order valence-electron chi connectivity index (χ4n) is 2.69. The molecule has 1 fully saturated rings. The molecule has 2 aromatic rings. The summed E-state index contributed by atoms with van der Waals surface area (Å²) in [7, 11) is 1.38. The van der Waals surface area contributed by atoms with Crippen molar-refractivity contribution in [2.24, 2.45) is 5.92 Å². The van der Waals surface area contributed by atoms with Crippen molar-refractivity contribution in [2.45, 2.75) is 38.4 Å². The minimum absolute atomic E-state index is 0.0188. The molecular formula is C14H20N6O6. The average Bonchev–Trinajstić information content (AvgIpc) is 3.15. The van der Waals surface area contributed by atoms with Crippen LogP contribution in [0.15, 0.2) is 4.79 Å². The zero-order valence-corrected chi connectivity index (χ0v) is 14.4. The molecule has 26 heavy (non-hydrogen) atoms. The molecule has 0 saturated carbocycles. The zero-order valence-electron chi connectivity index (χ0n) is 14.4. The third-order valence-corrected chi connectivity index (χ3v) is 4.10. The third-order valence-electron chi connectivity index (χ3n) is 4.10. The summed E-state index contributed by atoms with van der Waals surface area (Å²) >= 11 is 0. The molecule has 4 N–H and O–H groups in total. The van der Waals surface area contributed by atoms with Gasteiger partial charge in [-0.1, -0.05) is 19.1 Å². The number of aliphatic hydroxyl groups is 2. The van der Waals surface area contributed by atoms with Gasteiger partial charge in [-0.05, 0) is 0 Å². The highest BCUT2D eigenvalue weighted by molar-refractivity contribution is 5.90. The topological polar surface area (TPSA) is 164 Å². The van der Waals surface area contributed by atoms with E-state index in [0.717, 1.165) is 4.68 Å². The molecule has 0 aromatic carbocycles. The molecular weight excluding hydrogens is 348 g/mol. The van der Waals surface area contributed by atoms with Crippen LogP contribution in [0.5, 0.6) is 0 Å². The molecule has 142 valence electrons. The predicted molar refractivity (Wildman–Crippen MR) is 87.2 cm³/mol. The molecule has 1 amide bonds. The number of nitrogens with one attached hydrogen (secondary N) is 2. The Balaban J connectivity index is 2.01. The van der Waals surface area contributed by atoms with Crippen LogP contribution in [0.3, 0.4) is 0 Å². The lowest BCUT2D eigenvalue weighted by atomic mass is 10.1. The molecule has 2 aromatic heterocycles. The van der Waals surface area contributed by atoms with Gasteiger partial charge in [0.25, 0.3) is 5.56 Å². The van der Waals surface area contributed by atoms with Gasteiger partial charge in [-0.15, -0.1) is 5.10 Å². The average molecular weight is 368 g/mol. The number of anilines is 1. The number of methoxy groups -OCH3 is 1. The summed E-state index contributed by atoms with van der Waals surface area (Å²) in [5.41, 5.74) is -0.662. The van der Waals surface area contributed by atoms with E-state index in [0.29, 0.717) is 0 Å². The van der Waals surface area contributed by atoms with E-state index >= 15 is 0 Å². The Morgan fingerprint density at radius 3 is 2.81 bits per heavy atom. The van der Waals surface area contributed by atoms with Crippen LogP contribution in [0.2, 0.25) is 0 Å². The van der Waals surface area contributed by atoms with Crippen LogP contribution in [-0.4, -0.2) is 73.1 Å². The first-order valence-corrected chi connectivity index (χ1v) is 8.00. The second-order valence-electron chi connectivity index (χ2n) is 6.20. The normalized spacial score (nSPS) is 25.9. The minimum Gasteiger partial charge on any atom is -0.394 e. The van der Waals surface area contributed by atoms with E-state index < -0.39 is 30.1 Å². The maximum atomic E-state index is 12.2. The van der Waals surface area contributed by atoms with Gasteiger partial charge in [-0.2, -0.15) is 9.67 Å². The predicted octanol–water partition coefficient (Wildman–Crippen LogP) is -1.63. The number of aromatic amines is 1. The smallest absolute Gasteiger partial charge is 0.282 e. The van der Waals surface area contributed by atoms with E-state index in [9.17, 15) is 19.8 Å². The first kappa shape index (κ1) is 18.4. The van der Waals surface area contributed by atoms with E-state index in [4.69, 9.17) is 9.47 Å². The molecule has 0 radical (unpaired) electrons. The van der Waals surface area contributed by atoms with E-state index in [1.54, 1.807) is 13.8 Å². The van der Waals surface area contributed by atoms with Crippen LogP contribution in [0.4, 0.5) is 5.95 Å². The lowest BCUT2D eigenvalue weighted by Crippen LogP contribution is -2.35. The monoisotopic (exact) mass is 368 g/mol. The van der Waals surface area contributed by atoms with Crippen molar-refractivity contribution in [2.75, 3.05) is 19.0 Å². The number of hydrogen-bond donors (Lipinski definition) is 4. The molecule has 0 aliphatic carbocycles. The van der Waals surface area contributed by atoms with Crippen LogP contribution in [0.25, 0.3) is 11.2 Å². The molecule has 0 bridgehead atoms. The van der Waals surface area contributed by atoms with Crippen LogP contribution in [0.1, 0.15) is 20.1 Å². The van der Waals surface area contributed by atoms with Gasteiger partial charge < -0.3 is 19.7 Å². The number of hydrogen-bond acceptors (Lipinski definition) is 9. The van der Waals surface area contributed by atoms with Gasteiger partial charge in [-0.25, -0.2) is 0 Å². The highest BCUT2D eigenvalue weighted by Crippen LogP contribution is 2.31. The second-order valence-corrected chi connectivity index (χ2v) is 6.20. The van der Waals surface area contributed by atoms with Crippen molar-refractivity contribution in [1.82, 2.24) is 25.0 Å². The number of carbonyl (C=O) groups is 1. The number of amides is 1. The lowest BCUT2D eigenvalue weighted by molar-refractivity contribution is -0.118. The Bertz CT molecular complexity index is 863. The van der Waals surface area contributed by atoms with Crippen molar-refractivity contribution < 1.29 is 24.5 Å². The number of carbonyl (C=O) groups excluding carboxylic acids is 1. The summed E-state index contributed by atoms with van der Waals surface area (Å²) in [6.07, 6.45) is -3.80. The fourth-order valence-corrected chi connectivity index (χ4v) is 2.69. The van der Waals surface area contributed by atoms with Gasteiger partial charge in [0.2, 0.25) is 11.9 Å². The van der Waals surface area contributed by atoms with E-state index in [-0.39, 0.29) is 35.5 Å². The zero-order chi connectivity index (χ0) is 19.0. The van der Waals surface area contributed by atoms with Crippen molar-refractivity contribution in [1.29, 1.82) is 0 Å². The second kappa shape index (κ2) is 7.07. The van der Waals surface area contributed by atoms with Gasteiger partial charge in [0.1, 0.15) is 18.3 Å². The fraction of sp³-hybridized carbons (Fsp3) is 0.643. The maximum absolute atomic E-state index is 12.2. The first-order chi connectivity index (χ1) is 12.4. The number of H-pyrrole nitrogens is 1. The van der Waals surface area contributed by atoms with Crippen LogP contribution < -0.4 is 10.9 Å². The van der Waals surface area contributed by atoms with Gasteiger partial charge in [0.15, 0.2) is 17.4 Å². The molecule has 0 unspecified atom stereocenters. The summed E-state index contributed by atoms with van der Waals surface area (Å²) in [5, 5.41) is 29.9. The van der Waals surface area contributed by atoms with E-state index in [2.05, 4.69) is 25.6 Å². The van der Waals surface area contributed by atoms with Crippen LogP contribution in [-0.2, 0) is 14.3 Å². The van der Waals surface area contributed by atoms with Gasteiger partial charge in [-0.3, -0.25) is 19.9 Å². The molecule has 1 aliphatic heterocycles. The molecule has 3 heterocycles. The number of fused-ring (bicyclic) bond motifs is 1. The van der Waals surface area contributed by atoms with E-state index in [1.807, 2.05) is 0 Å². The van der Waals surface area contributed by atoms with Crippen molar-refractivity contribution in [3.63, 3.8) is 0 Å². The highest BCUT2D eigenvalue weighted by atomic mass is 16.6. The standard InChI is InChI=1S/C14H20N6O6/c1-5(2)11(23)16-14-15-10-7(12(24)17-14)18-19-20(10)13-8(22)9(25-3)6(4-21)26-13/h5-6,8-9,13,21-22H,4H2,1-3H3,(H2,15,16,17,23,24)/t6-,8-,9-,13-/m1/s1. The van der Waals surface area contributed by atoms with Crippen LogP contribution >= 0.6 is 0 Å². The Labute approximate surface area is 147 Å². The highest BCUT2D eigenvalue weighted by Gasteiger charge is 2.46. The molecule has 3 rings (SSSR count). The quantitative estimate of drug-likeness (QED) is 0.485. The number of aromatic nitrogens is 5. The summed E-state index contributed by atoms with van der Waals surface area (Å²) in [4.78, 5) is 30.6. The van der Waals surface area contributed by atoms with Crippen molar-refractivity contribution >= 4 is 23.0 Å². The van der Waals surface area contributed by atoms with Gasteiger partial charge >= 0.3 is 0 Å². The SMILES string of the molecule is CO[C@H]1[C@@H](O)[C@H](n2nnc3c(=O)[nH]c(NC(=O)C(C)C)nc32)O[C@@H]1CO. The molecule has 12 nitrogen and oxygen atoms in total. The largest absolute Gasteiger partial charge is 0.394 e. The number of aliphatic hydroxyl groups excluding tert-OH is 2. The number of ether oxygens (including phenoxy) is 2. The Kier molecular flexibility index (Phi) is 5.00. The van der Waals surface area contributed by atoms with Crippen molar-refractivity contribution in [3.05, 3.63) is 10.4 Å². The number of nitrogens with zero attached hydrogens (tertiary/aromatic N) is 4. The Morgan fingerprint density at radius 1 is 1.50 bits per heavy atom. The summed E-state index contributed by atoms with van der Waals surface area (Å²) in [5.74, 6) is -0.713. The van der Waals surface area contributed by atoms with Crippen molar-refractivity contribution in [3.8, 4) is 0 Å². The molecule has 1 saturated heterocycles. The third kappa shape index (κ3) is 3.07. The minimum atomic E-state index is -1.17. The molecule has 1 aliphatic rings. The van der Waals surface area contributed by atoms with Crippen LogP contribution in [0, 0.1) is 5.92 Å². The number of rotatable bonds is 5. The lowest BCUT2D eigenvalue weighted by Gasteiger charge is -2.16. The summed E-state index contributed by atoms with van der Waals surface area (Å²) < 4.78 is 11.9. The summed E-state index contributed by atoms with van der Waals surface area (Å²) in [6.45, 7) is 3.02. The first-order valence-electron chi connectivity index (χ1n) is 8.00. The Hall–Kier alpha value is -2.41. The molecule has 12 heteroatoms. The maximum Gasteiger partial charge on any atom is 0.282 e. The molecule has 0 spiro atoms. The van der Waals surface area contributed by atoms with Gasteiger partial charge in [0, 0.05) is 13.0 Å². The van der Waals surface area contributed by atoms with E-state index in [1.165, 1.54) is 7.11 Å². The summed E-state index contributed by atoms with van der Waals surface area (Å²) in [6, 6.07) is 0. The van der Waals surface area contributed by atoms with Gasteiger partial charge in [0.05, 0.1) is 6.61 Å².